The van der Waals surface area contributed by atoms with Gasteiger partial charge in [0.15, 0.2) is 0 Å². The predicted octanol–water partition coefficient (Wildman–Crippen LogP) is 0.127. The molecule has 2 aliphatic rings. The molecule has 0 radical (unpaired) electrons. The van der Waals surface area contributed by atoms with E-state index in [2.05, 4.69) is 20.8 Å². The third-order valence-electron chi connectivity index (χ3n) is 4.99. The maximum absolute atomic E-state index is 13.0. The number of tetrazole rings is 1. The van der Waals surface area contributed by atoms with Crippen LogP contribution in [0.3, 0.4) is 0 Å². The van der Waals surface area contributed by atoms with Gasteiger partial charge < -0.3 is 5.32 Å². The van der Waals surface area contributed by atoms with E-state index in [1.54, 1.807) is 0 Å². The Bertz CT molecular complexity index is 666. The van der Waals surface area contributed by atoms with Gasteiger partial charge >= 0.3 is 10.4 Å². The van der Waals surface area contributed by atoms with Crippen LogP contribution in [0, 0.1) is 0 Å². The molecule has 9 nitrogen and oxygen atoms in total. The second kappa shape index (κ2) is 6.71. The van der Waals surface area contributed by atoms with Gasteiger partial charge in [-0.3, -0.25) is 4.79 Å². The van der Waals surface area contributed by atoms with E-state index in [1.165, 1.54) is 11.0 Å². The normalized spacial score (nSPS) is 23.0. The molecule has 1 saturated heterocycles. The minimum atomic E-state index is -4.66. The van der Waals surface area contributed by atoms with E-state index in [4.69, 9.17) is 0 Å². The highest BCUT2D eigenvalue weighted by atomic mass is 32.3. The van der Waals surface area contributed by atoms with Crippen molar-refractivity contribution in [2.24, 2.45) is 0 Å². The van der Waals surface area contributed by atoms with Gasteiger partial charge in [-0.1, -0.05) is 23.1 Å². The minimum absolute atomic E-state index is 0.0711. The molecule has 1 aromatic heterocycles. The Kier molecular flexibility index (Phi) is 4.81. The van der Waals surface area contributed by atoms with Crippen LogP contribution in [0.15, 0.2) is 6.33 Å². The molecule has 1 amide bonds. The monoisotopic (exact) mass is 360 g/mol. The standard InChI is InChI=1S/C13H21FN6O3S/c14-24(22,23)19-8-4-11(5-9-19)16-12(21)13(6-2-1-3-7-13)20-10-15-17-18-20/h10-11H,1-9H2,(H,16,21). The summed E-state index contributed by atoms with van der Waals surface area (Å²) in [6.07, 6.45) is 6.50. The molecule has 0 aromatic carbocycles. The summed E-state index contributed by atoms with van der Waals surface area (Å²) in [5.74, 6) is -0.143. The number of amides is 1. The molecule has 2 heterocycles. The van der Waals surface area contributed by atoms with Crippen LogP contribution >= 0.6 is 0 Å². The van der Waals surface area contributed by atoms with Crippen molar-refractivity contribution in [3.05, 3.63) is 6.33 Å². The number of halogens is 1. The van der Waals surface area contributed by atoms with Crippen molar-refractivity contribution in [1.82, 2.24) is 29.8 Å². The van der Waals surface area contributed by atoms with Crippen molar-refractivity contribution in [1.29, 1.82) is 0 Å². The first-order valence-electron chi connectivity index (χ1n) is 8.16. The van der Waals surface area contributed by atoms with Gasteiger partial charge in [0, 0.05) is 19.1 Å². The zero-order valence-electron chi connectivity index (χ0n) is 13.3. The van der Waals surface area contributed by atoms with Crippen LogP contribution in [0.25, 0.3) is 0 Å². The molecule has 0 spiro atoms. The Morgan fingerprint density at radius 2 is 1.88 bits per heavy atom. The van der Waals surface area contributed by atoms with Crippen LogP contribution in [-0.2, 0) is 20.7 Å². The number of carbonyl (C=O) groups excluding carboxylic acids is 1. The van der Waals surface area contributed by atoms with E-state index in [0.29, 0.717) is 25.7 Å². The molecular formula is C13H21FN6O3S. The van der Waals surface area contributed by atoms with Crippen LogP contribution in [0.2, 0.25) is 0 Å². The van der Waals surface area contributed by atoms with Crippen molar-refractivity contribution in [3.63, 3.8) is 0 Å². The second-order valence-corrected chi connectivity index (χ2v) is 7.78. The van der Waals surface area contributed by atoms with E-state index >= 15 is 0 Å². The largest absolute Gasteiger partial charge is 0.374 e. The first-order valence-corrected chi connectivity index (χ1v) is 9.50. The predicted molar refractivity (Wildman–Crippen MR) is 81.6 cm³/mol. The van der Waals surface area contributed by atoms with Crippen molar-refractivity contribution in [3.8, 4) is 0 Å². The number of hydrogen-bond donors (Lipinski definition) is 1. The molecule has 1 saturated carbocycles. The van der Waals surface area contributed by atoms with Gasteiger partial charge in [0.2, 0.25) is 5.91 Å². The van der Waals surface area contributed by atoms with Gasteiger partial charge in [-0.05, 0) is 36.1 Å². The minimum Gasteiger partial charge on any atom is -0.351 e. The molecule has 0 bridgehead atoms. The lowest BCUT2D eigenvalue weighted by molar-refractivity contribution is -0.133. The summed E-state index contributed by atoms with van der Waals surface area (Å²) in [5, 5.41) is 14.2. The van der Waals surface area contributed by atoms with E-state index in [1.807, 2.05) is 0 Å². The number of hydrogen-bond acceptors (Lipinski definition) is 6. The summed E-state index contributed by atoms with van der Waals surface area (Å²) in [4.78, 5) is 12.9. The van der Waals surface area contributed by atoms with Crippen LogP contribution in [0.4, 0.5) is 3.89 Å². The fourth-order valence-corrected chi connectivity index (χ4v) is 4.24. The first-order chi connectivity index (χ1) is 11.4. The number of rotatable bonds is 4. The third-order valence-corrected chi connectivity index (χ3v) is 5.97. The molecule has 1 aliphatic heterocycles. The Hall–Kier alpha value is -1.62. The molecule has 0 atom stereocenters. The highest BCUT2D eigenvalue weighted by Gasteiger charge is 2.43. The Morgan fingerprint density at radius 3 is 2.42 bits per heavy atom. The summed E-state index contributed by atoms with van der Waals surface area (Å²) in [6.45, 7) is 0.142. The molecule has 1 N–H and O–H groups in total. The van der Waals surface area contributed by atoms with E-state index in [-0.39, 0.29) is 25.0 Å². The number of nitrogens with one attached hydrogen (secondary N) is 1. The molecule has 1 aromatic rings. The molecule has 24 heavy (non-hydrogen) atoms. The Morgan fingerprint density at radius 1 is 1.21 bits per heavy atom. The zero-order chi connectivity index (χ0) is 17.2. The number of aromatic nitrogens is 4. The summed E-state index contributed by atoms with van der Waals surface area (Å²) < 4.78 is 37.1. The van der Waals surface area contributed by atoms with E-state index < -0.39 is 15.9 Å². The molecule has 11 heteroatoms. The van der Waals surface area contributed by atoms with Gasteiger partial charge in [0.1, 0.15) is 11.9 Å². The molecule has 2 fully saturated rings. The maximum Gasteiger partial charge on any atom is 0.374 e. The van der Waals surface area contributed by atoms with Crippen LogP contribution in [-0.4, -0.2) is 58.0 Å². The first kappa shape index (κ1) is 17.2. The zero-order valence-corrected chi connectivity index (χ0v) is 14.1. The summed E-state index contributed by atoms with van der Waals surface area (Å²) in [7, 11) is -4.66. The lowest BCUT2D eigenvalue weighted by Crippen LogP contribution is -2.55. The number of nitrogens with zero attached hydrogens (tertiary/aromatic N) is 5. The van der Waals surface area contributed by atoms with Gasteiger partial charge in [-0.2, -0.15) is 12.7 Å². The lowest BCUT2D eigenvalue weighted by Gasteiger charge is -2.37. The van der Waals surface area contributed by atoms with Gasteiger partial charge in [-0.25, -0.2) is 4.68 Å². The molecular weight excluding hydrogens is 339 g/mol. The third kappa shape index (κ3) is 3.41. The fraction of sp³-hybridized carbons (Fsp3) is 0.846. The lowest BCUT2D eigenvalue weighted by atomic mass is 9.80. The van der Waals surface area contributed by atoms with Crippen molar-refractivity contribution in [2.75, 3.05) is 13.1 Å². The van der Waals surface area contributed by atoms with Crippen molar-refractivity contribution < 1.29 is 17.1 Å². The molecule has 3 rings (SSSR count). The molecule has 1 aliphatic carbocycles. The second-order valence-electron chi connectivity index (χ2n) is 6.44. The van der Waals surface area contributed by atoms with Gasteiger partial charge in [-0.15, -0.1) is 5.10 Å². The number of piperidine rings is 1. The van der Waals surface area contributed by atoms with Crippen LogP contribution < -0.4 is 5.32 Å². The summed E-state index contributed by atoms with van der Waals surface area (Å²) in [6, 6.07) is -0.175. The summed E-state index contributed by atoms with van der Waals surface area (Å²) >= 11 is 0. The van der Waals surface area contributed by atoms with Crippen LogP contribution in [0.1, 0.15) is 44.9 Å². The average Bonchev–Trinajstić information content (AvgIpc) is 3.10. The van der Waals surface area contributed by atoms with Crippen molar-refractivity contribution in [2.45, 2.75) is 56.5 Å². The molecule has 134 valence electrons. The molecule has 0 unspecified atom stereocenters. The topological polar surface area (TPSA) is 110 Å². The smallest absolute Gasteiger partial charge is 0.351 e. The van der Waals surface area contributed by atoms with Gasteiger partial charge in [0.05, 0.1) is 0 Å². The Balaban J connectivity index is 1.67. The maximum atomic E-state index is 13.0. The number of carbonyl (C=O) groups is 1. The highest BCUT2D eigenvalue weighted by Crippen LogP contribution is 2.34. The Labute approximate surface area is 139 Å². The van der Waals surface area contributed by atoms with E-state index in [0.717, 1.165) is 23.6 Å². The fourth-order valence-electron chi connectivity index (χ4n) is 3.59. The SMILES string of the molecule is O=C(NC1CCN(S(=O)(=O)F)CC1)C1(n2cnnn2)CCCCC1. The average molecular weight is 360 g/mol. The van der Waals surface area contributed by atoms with Crippen molar-refractivity contribution >= 4 is 16.3 Å². The highest BCUT2D eigenvalue weighted by molar-refractivity contribution is 7.83. The van der Waals surface area contributed by atoms with Crippen LogP contribution in [0.5, 0.6) is 0 Å². The summed E-state index contributed by atoms with van der Waals surface area (Å²) in [5.41, 5.74) is -0.787. The van der Waals surface area contributed by atoms with Gasteiger partial charge in [0.25, 0.3) is 0 Å². The quantitative estimate of drug-likeness (QED) is 0.764. The van der Waals surface area contributed by atoms with E-state index in [9.17, 15) is 17.1 Å².